The van der Waals surface area contributed by atoms with Crippen molar-refractivity contribution < 1.29 is 17.9 Å². The number of hydrogen-bond acceptors (Lipinski definition) is 1. The SMILES string of the molecule is FC(F)(F)Cc1ccc(Oc2ccccc2)cc1. The van der Waals surface area contributed by atoms with Crippen LogP contribution in [0.3, 0.4) is 0 Å². The molecule has 18 heavy (non-hydrogen) atoms. The van der Waals surface area contributed by atoms with E-state index in [9.17, 15) is 13.2 Å². The fraction of sp³-hybridized carbons (Fsp3) is 0.143. The van der Waals surface area contributed by atoms with Gasteiger partial charge in [-0.3, -0.25) is 0 Å². The molecule has 0 aliphatic rings. The lowest BCUT2D eigenvalue weighted by molar-refractivity contribution is -0.127. The lowest BCUT2D eigenvalue weighted by Crippen LogP contribution is -2.11. The number of rotatable bonds is 3. The molecule has 0 saturated carbocycles. The van der Waals surface area contributed by atoms with Crippen LogP contribution >= 0.6 is 0 Å². The Bertz CT molecular complexity index is 489. The number of hydrogen-bond donors (Lipinski definition) is 0. The van der Waals surface area contributed by atoms with Crippen molar-refractivity contribution in [3.8, 4) is 11.5 Å². The molecule has 0 radical (unpaired) electrons. The highest BCUT2D eigenvalue weighted by atomic mass is 19.4. The molecule has 0 aliphatic carbocycles. The quantitative estimate of drug-likeness (QED) is 0.776. The van der Waals surface area contributed by atoms with Gasteiger partial charge in [0.25, 0.3) is 0 Å². The van der Waals surface area contributed by atoms with E-state index in [1.165, 1.54) is 24.3 Å². The molecule has 0 atom stereocenters. The first kappa shape index (κ1) is 12.5. The van der Waals surface area contributed by atoms with Crippen molar-refractivity contribution in [2.24, 2.45) is 0 Å². The van der Waals surface area contributed by atoms with Crippen LogP contribution < -0.4 is 4.74 Å². The van der Waals surface area contributed by atoms with Gasteiger partial charge in [0.05, 0.1) is 6.42 Å². The topological polar surface area (TPSA) is 9.23 Å². The Morgan fingerprint density at radius 2 is 1.33 bits per heavy atom. The maximum absolute atomic E-state index is 12.2. The minimum atomic E-state index is -4.18. The van der Waals surface area contributed by atoms with E-state index in [2.05, 4.69) is 0 Å². The zero-order valence-electron chi connectivity index (χ0n) is 9.45. The van der Waals surface area contributed by atoms with Crippen molar-refractivity contribution >= 4 is 0 Å². The molecule has 0 unspecified atom stereocenters. The number of alkyl halides is 3. The van der Waals surface area contributed by atoms with Crippen LogP contribution in [0, 0.1) is 0 Å². The summed E-state index contributed by atoms with van der Waals surface area (Å²) in [5, 5.41) is 0. The second-order valence-electron chi connectivity index (χ2n) is 3.85. The molecule has 0 amide bonds. The summed E-state index contributed by atoms with van der Waals surface area (Å²) in [5.74, 6) is 1.17. The molecular formula is C14H11F3O. The van der Waals surface area contributed by atoms with Gasteiger partial charge in [-0.25, -0.2) is 0 Å². The number of benzene rings is 2. The zero-order valence-corrected chi connectivity index (χ0v) is 9.45. The summed E-state index contributed by atoms with van der Waals surface area (Å²) in [6, 6.07) is 15.0. The van der Waals surface area contributed by atoms with Crippen molar-refractivity contribution in [1.82, 2.24) is 0 Å². The highest BCUT2D eigenvalue weighted by molar-refractivity contribution is 5.33. The third-order valence-electron chi connectivity index (χ3n) is 2.31. The van der Waals surface area contributed by atoms with Gasteiger partial charge in [0.15, 0.2) is 0 Å². The molecular weight excluding hydrogens is 241 g/mol. The molecule has 0 aromatic heterocycles. The smallest absolute Gasteiger partial charge is 0.393 e. The molecule has 0 spiro atoms. The van der Waals surface area contributed by atoms with E-state index in [1.54, 1.807) is 12.1 Å². The molecule has 0 N–H and O–H groups in total. The van der Waals surface area contributed by atoms with E-state index in [0.29, 0.717) is 11.5 Å². The molecule has 0 bridgehead atoms. The van der Waals surface area contributed by atoms with Crippen molar-refractivity contribution in [2.75, 3.05) is 0 Å². The van der Waals surface area contributed by atoms with Gasteiger partial charge in [-0.05, 0) is 29.8 Å². The lowest BCUT2D eigenvalue weighted by Gasteiger charge is -2.08. The molecule has 2 aromatic rings. The predicted molar refractivity (Wildman–Crippen MR) is 62.7 cm³/mol. The number of halogens is 3. The number of ether oxygens (including phenoxy) is 1. The molecule has 94 valence electrons. The summed E-state index contributed by atoms with van der Waals surface area (Å²) in [5.41, 5.74) is 0.225. The van der Waals surface area contributed by atoms with Gasteiger partial charge < -0.3 is 4.74 Å². The summed E-state index contributed by atoms with van der Waals surface area (Å²) in [4.78, 5) is 0. The average Bonchev–Trinajstić information content (AvgIpc) is 2.31. The molecule has 0 fully saturated rings. The van der Waals surface area contributed by atoms with Gasteiger partial charge in [-0.2, -0.15) is 13.2 Å². The molecule has 4 heteroatoms. The molecule has 0 aliphatic heterocycles. The second kappa shape index (κ2) is 5.12. The standard InChI is InChI=1S/C14H11F3O/c15-14(16,17)10-11-6-8-13(9-7-11)18-12-4-2-1-3-5-12/h1-9H,10H2. The Morgan fingerprint density at radius 1 is 0.778 bits per heavy atom. The van der Waals surface area contributed by atoms with Crippen LogP contribution in [0.5, 0.6) is 11.5 Å². The van der Waals surface area contributed by atoms with Crippen LogP contribution in [0.1, 0.15) is 5.56 Å². The summed E-state index contributed by atoms with van der Waals surface area (Å²) in [6.07, 6.45) is -5.10. The summed E-state index contributed by atoms with van der Waals surface area (Å²) < 4.78 is 42.0. The molecule has 2 aromatic carbocycles. The second-order valence-corrected chi connectivity index (χ2v) is 3.85. The van der Waals surface area contributed by atoms with E-state index in [0.717, 1.165) is 0 Å². The Kier molecular flexibility index (Phi) is 3.55. The Balaban J connectivity index is 2.04. The molecule has 2 rings (SSSR count). The minimum absolute atomic E-state index is 0.225. The Labute approximate surface area is 103 Å². The first-order valence-corrected chi connectivity index (χ1v) is 5.41. The predicted octanol–water partition coefficient (Wildman–Crippen LogP) is 4.58. The van der Waals surface area contributed by atoms with Crippen LogP contribution in [0.25, 0.3) is 0 Å². The maximum Gasteiger partial charge on any atom is 0.393 e. The van der Waals surface area contributed by atoms with Crippen LogP contribution in [-0.2, 0) is 6.42 Å². The molecule has 1 nitrogen and oxygen atoms in total. The third kappa shape index (κ3) is 3.80. The van der Waals surface area contributed by atoms with Crippen LogP contribution in [0.2, 0.25) is 0 Å². The van der Waals surface area contributed by atoms with Gasteiger partial charge >= 0.3 is 6.18 Å². The highest BCUT2D eigenvalue weighted by Gasteiger charge is 2.27. The van der Waals surface area contributed by atoms with E-state index in [4.69, 9.17) is 4.74 Å². The Hall–Kier alpha value is -1.97. The van der Waals surface area contributed by atoms with Gasteiger partial charge in [-0.1, -0.05) is 30.3 Å². The molecule has 0 saturated heterocycles. The first-order valence-electron chi connectivity index (χ1n) is 5.41. The Morgan fingerprint density at radius 3 is 1.89 bits per heavy atom. The summed E-state index contributed by atoms with van der Waals surface area (Å²) in [7, 11) is 0. The summed E-state index contributed by atoms with van der Waals surface area (Å²) >= 11 is 0. The zero-order chi connectivity index (χ0) is 13.0. The van der Waals surface area contributed by atoms with Crippen molar-refractivity contribution in [3.63, 3.8) is 0 Å². The van der Waals surface area contributed by atoms with Gasteiger partial charge in [0.1, 0.15) is 11.5 Å². The minimum Gasteiger partial charge on any atom is -0.457 e. The van der Waals surface area contributed by atoms with E-state index in [1.807, 2.05) is 18.2 Å². The van der Waals surface area contributed by atoms with Crippen molar-refractivity contribution in [3.05, 3.63) is 60.2 Å². The van der Waals surface area contributed by atoms with Crippen molar-refractivity contribution in [1.29, 1.82) is 0 Å². The van der Waals surface area contributed by atoms with E-state index in [-0.39, 0.29) is 5.56 Å². The van der Waals surface area contributed by atoms with E-state index >= 15 is 0 Å². The fourth-order valence-electron chi connectivity index (χ4n) is 1.53. The summed E-state index contributed by atoms with van der Waals surface area (Å²) in [6.45, 7) is 0. The van der Waals surface area contributed by atoms with E-state index < -0.39 is 12.6 Å². The van der Waals surface area contributed by atoms with Crippen LogP contribution in [-0.4, -0.2) is 6.18 Å². The first-order chi connectivity index (χ1) is 8.53. The average molecular weight is 252 g/mol. The normalized spacial score (nSPS) is 11.3. The van der Waals surface area contributed by atoms with Crippen LogP contribution in [0.15, 0.2) is 54.6 Å². The lowest BCUT2D eigenvalue weighted by atomic mass is 10.1. The van der Waals surface area contributed by atoms with Crippen LogP contribution in [0.4, 0.5) is 13.2 Å². The fourth-order valence-corrected chi connectivity index (χ4v) is 1.53. The molecule has 0 heterocycles. The maximum atomic E-state index is 12.2. The third-order valence-corrected chi connectivity index (χ3v) is 2.31. The number of para-hydroxylation sites is 1. The largest absolute Gasteiger partial charge is 0.457 e. The van der Waals surface area contributed by atoms with Gasteiger partial charge in [0.2, 0.25) is 0 Å². The highest BCUT2D eigenvalue weighted by Crippen LogP contribution is 2.25. The monoisotopic (exact) mass is 252 g/mol. The van der Waals surface area contributed by atoms with Gasteiger partial charge in [0, 0.05) is 0 Å². The van der Waals surface area contributed by atoms with Gasteiger partial charge in [-0.15, -0.1) is 0 Å². The van der Waals surface area contributed by atoms with Crippen molar-refractivity contribution in [2.45, 2.75) is 12.6 Å².